The van der Waals surface area contributed by atoms with Crippen LogP contribution in [-0.2, 0) is 0 Å². The normalized spacial score (nSPS) is 16.9. The molecule has 0 spiro atoms. The van der Waals surface area contributed by atoms with Crippen LogP contribution in [0.1, 0.15) is 22.3 Å². The van der Waals surface area contributed by atoms with Gasteiger partial charge in [0, 0.05) is 25.2 Å². The molecule has 0 bridgehead atoms. The van der Waals surface area contributed by atoms with E-state index >= 15 is 0 Å². The summed E-state index contributed by atoms with van der Waals surface area (Å²) < 4.78 is 41.2. The Morgan fingerprint density at radius 2 is 1.96 bits per heavy atom. The van der Waals surface area contributed by atoms with Gasteiger partial charge >= 0.3 is 0 Å². The number of likely N-dealkylation sites (tertiary alicyclic amines) is 1. The first kappa shape index (κ1) is 17.8. The number of nitrogens with one attached hydrogen (secondary N) is 1. The zero-order valence-electron chi connectivity index (χ0n) is 14.4. The number of aryl methyl sites for hydroxylation is 1. The minimum atomic E-state index is -0.933. The van der Waals surface area contributed by atoms with Crippen molar-refractivity contribution >= 4 is 32.6 Å². The quantitative estimate of drug-likeness (QED) is 0.722. The number of aromatic nitrogens is 1. The van der Waals surface area contributed by atoms with Crippen LogP contribution in [0.2, 0.25) is 0 Å². The van der Waals surface area contributed by atoms with Crippen molar-refractivity contribution in [2.75, 3.05) is 18.4 Å². The highest BCUT2D eigenvalue weighted by atomic mass is 32.1. The molecule has 1 N–H and O–H groups in total. The number of halogens is 3. The number of nitrogens with zero attached hydrogens (tertiary/aromatic N) is 2. The SMILES string of the molecule is Cc1ccc(F)c(C(=O)N2CCC(Nc3nc4cc(F)c(F)cc4s3)C2)c1. The van der Waals surface area contributed by atoms with E-state index in [2.05, 4.69) is 10.3 Å². The summed E-state index contributed by atoms with van der Waals surface area (Å²) in [6, 6.07) is 6.61. The molecule has 1 atom stereocenters. The smallest absolute Gasteiger partial charge is 0.256 e. The van der Waals surface area contributed by atoms with Crippen LogP contribution in [0.4, 0.5) is 18.3 Å². The monoisotopic (exact) mass is 391 g/mol. The Bertz CT molecular complexity index is 997. The molecular weight excluding hydrogens is 375 g/mol. The van der Waals surface area contributed by atoms with Crippen LogP contribution >= 0.6 is 11.3 Å². The van der Waals surface area contributed by atoms with E-state index in [1.807, 2.05) is 6.92 Å². The number of rotatable bonds is 3. The molecule has 1 aliphatic rings. The average molecular weight is 391 g/mol. The maximum atomic E-state index is 14.0. The Kier molecular flexibility index (Phi) is 4.51. The topological polar surface area (TPSA) is 45.2 Å². The highest BCUT2D eigenvalue weighted by Gasteiger charge is 2.29. The maximum absolute atomic E-state index is 14.0. The van der Waals surface area contributed by atoms with Gasteiger partial charge in [0.2, 0.25) is 0 Å². The van der Waals surface area contributed by atoms with Crippen molar-refractivity contribution in [2.24, 2.45) is 0 Å². The number of fused-ring (bicyclic) bond motifs is 1. The van der Waals surface area contributed by atoms with Crippen LogP contribution in [-0.4, -0.2) is 34.9 Å². The van der Waals surface area contributed by atoms with Gasteiger partial charge in [-0.1, -0.05) is 23.0 Å². The van der Waals surface area contributed by atoms with Gasteiger partial charge in [0.1, 0.15) is 5.82 Å². The first-order valence-corrected chi connectivity index (χ1v) is 9.30. The summed E-state index contributed by atoms with van der Waals surface area (Å²) in [5, 5.41) is 3.74. The van der Waals surface area contributed by atoms with Crippen LogP contribution < -0.4 is 5.32 Å². The summed E-state index contributed by atoms with van der Waals surface area (Å²) in [5.74, 6) is -2.71. The molecule has 140 valence electrons. The Morgan fingerprint density at radius 3 is 2.78 bits per heavy atom. The Hall–Kier alpha value is -2.61. The lowest BCUT2D eigenvalue weighted by Gasteiger charge is -2.17. The lowest BCUT2D eigenvalue weighted by atomic mass is 10.1. The predicted octanol–water partition coefficient (Wildman–Crippen LogP) is 4.35. The summed E-state index contributed by atoms with van der Waals surface area (Å²) >= 11 is 1.23. The maximum Gasteiger partial charge on any atom is 0.256 e. The second-order valence-electron chi connectivity index (χ2n) is 6.62. The predicted molar refractivity (Wildman–Crippen MR) is 98.6 cm³/mol. The molecule has 3 aromatic rings. The molecule has 0 radical (unpaired) electrons. The molecule has 27 heavy (non-hydrogen) atoms. The van der Waals surface area contributed by atoms with Gasteiger partial charge in [-0.05, 0) is 31.5 Å². The Morgan fingerprint density at radius 1 is 1.19 bits per heavy atom. The van der Waals surface area contributed by atoms with E-state index in [4.69, 9.17) is 0 Å². The third kappa shape index (κ3) is 3.49. The van der Waals surface area contributed by atoms with E-state index < -0.39 is 17.5 Å². The molecule has 8 heteroatoms. The first-order chi connectivity index (χ1) is 12.9. The van der Waals surface area contributed by atoms with Crippen molar-refractivity contribution in [3.8, 4) is 0 Å². The lowest BCUT2D eigenvalue weighted by Crippen LogP contribution is -2.32. The average Bonchev–Trinajstić information content (AvgIpc) is 3.24. The van der Waals surface area contributed by atoms with Gasteiger partial charge in [-0.15, -0.1) is 0 Å². The highest BCUT2D eigenvalue weighted by Crippen LogP contribution is 2.29. The zero-order chi connectivity index (χ0) is 19.1. The van der Waals surface area contributed by atoms with E-state index in [-0.39, 0.29) is 17.5 Å². The number of hydrogen-bond donors (Lipinski definition) is 1. The van der Waals surface area contributed by atoms with Crippen LogP contribution in [0.3, 0.4) is 0 Å². The number of anilines is 1. The Labute approximate surface area is 157 Å². The summed E-state index contributed by atoms with van der Waals surface area (Å²) in [6.45, 7) is 2.71. The van der Waals surface area contributed by atoms with Gasteiger partial charge < -0.3 is 10.2 Å². The molecule has 2 heterocycles. The summed E-state index contributed by atoms with van der Waals surface area (Å²) in [6.07, 6.45) is 0.678. The van der Waals surface area contributed by atoms with Crippen molar-refractivity contribution < 1.29 is 18.0 Å². The molecule has 1 amide bonds. The number of amides is 1. The molecule has 2 aromatic carbocycles. The van der Waals surface area contributed by atoms with Gasteiger partial charge in [0.15, 0.2) is 16.8 Å². The first-order valence-electron chi connectivity index (χ1n) is 8.48. The van der Waals surface area contributed by atoms with Crippen LogP contribution in [0, 0.1) is 24.4 Å². The van der Waals surface area contributed by atoms with Gasteiger partial charge in [-0.3, -0.25) is 4.79 Å². The van der Waals surface area contributed by atoms with E-state index in [1.54, 1.807) is 17.0 Å². The second kappa shape index (κ2) is 6.84. The molecule has 1 aliphatic heterocycles. The van der Waals surface area contributed by atoms with E-state index in [0.29, 0.717) is 34.9 Å². The van der Waals surface area contributed by atoms with Gasteiger partial charge in [0.05, 0.1) is 15.8 Å². The number of benzene rings is 2. The third-order valence-electron chi connectivity index (χ3n) is 4.59. The number of carbonyl (C=O) groups excluding carboxylic acids is 1. The van der Waals surface area contributed by atoms with Gasteiger partial charge in [-0.25, -0.2) is 18.2 Å². The van der Waals surface area contributed by atoms with Crippen molar-refractivity contribution in [1.29, 1.82) is 0 Å². The van der Waals surface area contributed by atoms with E-state index in [1.165, 1.54) is 17.4 Å². The molecule has 4 nitrogen and oxygen atoms in total. The third-order valence-corrected chi connectivity index (χ3v) is 5.54. The molecule has 0 aliphatic carbocycles. The molecular formula is C19H16F3N3OS. The molecule has 0 saturated carbocycles. The number of hydrogen-bond acceptors (Lipinski definition) is 4. The summed E-state index contributed by atoms with van der Waals surface area (Å²) in [4.78, 5) is 18.5. The fourth-order valence-electron chi connectivity index (χ4n) is 3.20. The largest absolute Gasteiger partial charge is 0.357 e. The van der Waals surface area contributed by atoms with Crippen molar-refractivity contribution in [3.05, 3.63) is 58.9 Å². The molecule has 1 aromatic heterocycles. The second-order valence-corrected chi connectivity index (χ2v) is 7.65. The standard InChI is InChI=1S/C19H16F3N3OS/c1-10-2-3-13(20)12(6-10)18(26)25-5-4-11(9-25)23-19-24-16-7-14(21)15(22)8-17(16)27-19/h2-3,6-8,11H,4-5,9H2,1H3,(H,23,24). The number of carbonyl (C=O) groups is 1. The molecule has 1 saturated heterocycles. The van der Waals surface area contributed by atoms with E-state index in [0.717, 1.165) is 17.7 Å². The van der Waals surface area contributed by atoms with Crippen LogP contribution in [0.25, 0.3) is 10.2 Å². The lowest BCUT2D eigenvalue weighted by molar-refractivity contribution is 0.0787. The fourth-order valence-corrected chi connectivity index (χ4v) is 4.15. The molecule has 1 unspecified atom stereocenters. The minimum absolute atomic E-state index is 0.0583. The molecule has 1 fully saturated rings. The Balaban J connectivity index is 1.47. The summed E-state index contributed by atoms with van der Waals surface area (Å²) in [7, 11) is 0. The van der Waals surface area contributed by atoms with Crippen molar-refractivity contribution in [1.82, 2.24) is 9.88 Å². The van der Waals surface area contributed by atoms with E-state index in [9.17, 15) is 18.0 Å². The highest BCUT2D eigenvalue weighted by molar-refractivity contribution is 7.22. The number of thiazole rings is 1. The molecule has 4 rings (SSSR count). The van der Waals surface area contributed by atoms with Crippen LogP contribution in [0.15, 0.2) is 30.3 Å². The van der Waals surface area contributed by atoms with Crippen molar-refractivity contribution in [2.45, 2.75) is 19.4 Å². The van der Waals surface area contributed by atoms with Crippen molar-refractivity contribution in [3.63, 3.8) is 0 Å². The fraction of sp³-hybridized carbons (Fsp3) is 0.263. The zero-order valence-corrected chi connectivity index (χ0v) is 15.2. The van der Waals surface area contributed by atoms with Gasteiger partial charge in [0.25, 0.3) is 5.91 Å². The summed E-state index contributed by atoms with van der Waals surface area (Å²) in [5.41, 5.74) is 1.28. The minimum Gasteiger partial charge on any atom is -0.357 e. The van der Waals surface area contributed by atoms with Crippen LogP contribution in [0.5, 0.6) is 0 Å². The van der Waals surface area contributed by atoms with Gasteiger partial charge in [-0.2, -0.15) is 0 Å².